The lowest BCUT2D eigenvalue weighted by molar-refractivity contribution is 0.306. The average molecular weight is 394 g/mol. The van der Waals surface area contributed by atoms with Crippen molar-refractivity contribution in [2.75, 3.05) is 19.6 Å². The first kappa shape index (κ1) is 18.8. The highest BCUT2D eigenvalue weighted by Crippen LogP contribution is 2.36. The van der Waals surface area contributed by atoms with Gasteiger partial charge in [-0.2, -0.15) is 0 Å². The maximum Gasteiger partial charge on any atom is 0.162 e. The standard InChI is InChI=1S/C23H20F2N2O2/c1-14-18-6-4-5-16(23(18)26-27(14)2)13-29-17-9-7-15(8-10-17)19-11-20(24)21(25)12-22(19)28-3/h4-12,26H,1,13H2,2-3H3. The van der Waals surface area contributed by atoms with Gasteiger partial charge in [0.25, 0.3) is 0 Å². The Kier molecular flexibility index (Phi) is 4.84. The van der Waals surface area contributed by atoms with Crippen molar-refractivity contribution in [3.05, 3.63) is 83.9 Å². The van der Waals surface area contributed by atoms with E-state index in [1.165, 1.54) is 7.11 Å². The summed E-state index contributed by atoms with van der Waals surface area (Å²) in [5.74, 6) is -0.924. The van der Waals surface area contributed by atoms with Crippen LogP contribution in [0.5, 0.6) is 11.5 Å². The van der Waals surface area contributed by atoms with Crippen LogP contribution < -0.4 is 14.9 Å². The number of ether oxygens (including phenoxy) is 2. The third-order valence-corrected chi connectivity index (χ3v) is 4.95. The van der Waals surface area contributed by atoms with E-state index in [1.807, 2.05) is 30.3 Å². The molecule has 29 heavy (non-hydrogen) atoms. The zero-order valence-electron chi connectivity index (χ0n) is 16.1. The van der Waals surface area contributed by atoms with Crippen LogP contribution in [0, 0.1) is 11.6 Å². The average Bonchev–Trinajstić information content (AvgIpc) is 3.03. The maximum absolute atomic E-state index is 13.7. The predicted molar refractivity (Wildman–Crippen MR) is 110 cm³/mol. The normalized spacial score (nSPS) is 12.6. The zero-order valence-corrected chi connectivity index (χ0v) is 16.1. The van der Waals surface area contributed by atoms with Crippen molar-refractivity contribution in [2.24, 2.45) is 0 Å². The summed E-state index contributed by atoms with van der Waals surface area (Å²) >= 11 is 0. The fraction of sp³-hybridized carbons (Fsp3) is 0.130. The van der Waals surface area contributed by atoms with Crippen molar-refractivity contribution in [1.29, 1.82) is 0 Å². The van der Waals surface area contributed by atoms with Gasteiger partial charge in [-0.3, -0.25) is 10.4 Å². The minimum Gasteiger partial charge on any atom is -0.496 e. The molecular weight excluding hydrogens is 374 g/mol. The first-order chi connectivity index (χ1) is 14.0. The summed E-state index contributed by atoms with van der Waals surface area (Å²) in [5.41, 5.74) is 8.42. The number of hydrazine groups is 1. The number of methoxy groups -OCH3 is 1. The van der Waals surface area contributed by atoms with Crippen LogP contribution in [0.25, 0.3) is 16.8 Å². The summed E-state index contributed by atoms with van der Waals surface area (Å²) in [5, 5.41) is 1.87. The topological polar surface area (TPSA) is 33.7 Å². The van der Waals surface area contributed by atoms with Crippen molar-refractivity contribution in [2.45, 2.75) is 6.61 Å². The number of halogens is 2. The predicted octanol–water partition coefficient (Wildman–Crippen LogP) is 5.46. The second kappa shape index (κ2) is 7.47. The van der Waals surface area contributed by atoms with Gasteiger partial charge in [0, 0.05) is 29.8 Å². The number of benzene rings is 3. The quantitative estimate of drug-likeness (QED) is 0.623. The Morgan fingerprint density at radius 3 is 2.45 bits per heavy atom. The van der Waals surface area contributed by atoms with Crippen molar-refractivity contribution in [3.63, 3.8) is 0 Å². The molecule has 1 aliphatic heterocycles. The van der Waals surface area contributed by atoms with Crippen LogP contribution in [-0.4, -0.2) is 19.2 Å². The number of para-hydroxylation sites is 1. The van der Waals surface area contributed by atoms with E-state index in [-0.39, 0.29) is 5.75 Å². The molecule has 0 amide bonds. The molecule has 0 spiro atoms. The third kappa shape index (κ3) is 3.49. The van der Waals surface area contributed by atoms with Gasteiger partial charge in [0.05, 0.1) is 18.5 Å². The lowest BCUT2D eigenvalue weighted by Gasteiger charge is -2.14. The smallest absolute Gasteiger partial charge is 0.162 e. The van der Waals surface area contributed by atoms with E-state index in [2.05, 4.69) is 12.0 Å². The van der Waals surface area contributed by atoms with Gasteiger partial charge in [-0.15, -0.1) is 0 Å². The maximum atomic E-state index is 13.7. The number of hydrogen-bond donors (Lipinski definition) is 1. The number of nitrogens with zero attached hydrogens (tertiary/aromatic N) is 1. The first-order valence-electron chi connectivity index (χ1n) is 9.05. The highest BCUT2D eigenvalue weighted by Gasteiger charge is 2.21. The van der Waals surface area contributed by atoms with Crippen molar-refractivity contribution >= 4 is 11.4 Å². The molecule has 0 radical (unpaired) electrons. The molecule has 0 aromatic heterocycles. The minimum atomic E-state index is -0.942. The van der Waals surface area contributed by atoms with E-state index in [0.29, 0.717) is 23.5 Å². The highest BCUT2D eigenvalue weighted by molar-refractivity contribution is 5.81. The Morgan fingerprint density at radius 2 is 1.72 bits per heavy atom. The fourth-order valence-corrected chi connectivity index (χ4v) is 3.32. The Hall–Kier alpha value is -3.54. The molecule has 0 atom stereocenters. The molecule has 0 fully saturated rings. The van der Waals surface area contributed by atoms with Gasteiger partial charge >= 0.3 is 0 Å². The van der Waals surface area contributed by atoms with Crippen LogP contribution in [0.15, 0.2) is 61.2 Å². The Labute approximate surface area is 168 Å². The summed E-state index contributed by atoms with van der Waals surface area (Å²) in [6.07, 6.45) is 0. The summed E-state index contributed by atoms with van der Waals surface area (Å²) < 4.78 is 38.2. The molecule has 1 N–H and O–H groups in total. The molecule has 1 heterocycles. The van der Waals surface area contributed by atoms with Gasteiger partial charge in [0.2, 0.25) is 0 Å². The third-order valence-electron chi connectivity index (χ3n) is 4.95. The van der Waals surface area contributed by atoms with Gasteiger partial charge in [0.15, 0.2) is 11.6 Å². The van der Waals surface area contributed by atoms with Gasteiger partial charge in [-0.05, 0) is 23.8 Å². The molecule has 1 aliphatic rings. The van der Waals surface area contributed by atoms with Gasteiger partial charge in [-0.1, -0.05) is 36.9 Å². The van der Waals surface area contributed by atoms with E-state index < -0.39 is 11.6 Å². The Bertz CT molecular complexity index is 1080. The largest absolute Gasteiger partial charge is 0.496 e. The van der Waals surface area contributed by atoms with Crippen LogP contribution in [0.3, 0.4) is 0 Å². The fourth-order valence-electron chi connectivity index (χ4n) is 3.32. The number of anilines is 1. The van der Waals surface area contributed by atoms with Crippen LogP contribution in [-0.2, 0) is 6.61 Å². The molecule has 4 nitrogen and oxygen atoms in total. The second-order valence-electron chi connectivity index (χ2n) is 6.74. The Morgan fingerprint density at radius 1 is 1.00 bits per heavy atom. The van der Waals surface area contributed by atoms with E-state index in [1.54, 1.807) is 24.3 Å². The summed E-state index contributed by atoms with van der Waals surface area (Å²) in [6.45, 7) is 4.44. The van der Waals surface area contributed by atoms with E-state index in [9.17, 15) is 8.78 Å². The molecule has 4 rings (SSSR count). The molecular formula is C23H20F2N2O2. The van der Waals surface area contributed by atoms with E-state index in [0.717, 1.165) is 34.6 Å². The molecule has 0 bridgehead atoms. The lowest BCUT2D eigenvalue weighted by Crippen LogP contribution is -2.16. The number of hydrogen-bond acceptors (Lipinski definition) is 4. The number of rotatable bonds is 5. The Balaban J connectivity index is 1.52. The summed E-state index contributed by atoms with van der Waals surface area (Å²) in [4.78, 5) is 0. The SMILES string of the molecule is C=C1c2cccc(COc3ccc(-c4cc(F)c(F)cc4OC)cc3)c2NN1C. The minimum absolute atomic E-state index is 0.271. The highest BCUT2D eigenvalue weighted by atomic mass is 19.2. The lowest BCUT2D eigenvalue weighted by atomic mass is 10.0. The van der Waals surface area contributed by atoms with Gasteiger partial charge < -0.3 is 9.47 Å². The molecule has 3 aromatic rings. The van der Waals surface area contributed by atoms with E-state index in [4.69, 9.17) is 9.47 Å². The van der Waals surface area contributed by atoms with Crippen molar-refractivity contribution < 1.29 is 18.3 Å². The summed E-state index contributed by atoms with van der Waals surface area (Å²) in [6, 6.07) is 15.3. The van der Waals surface area contributed by atoms with Crippen LogP contribution >= 0.6 is 0 Å². The second-order valence-corrected chi connectivity index (χ2v) is 6.74. The molecule has 0 saturated carbocycles. The zero-order chi connectivity index (χ0) is 20.5. The van der Waals surface area contributed by atoms with Crippen LogP contribution in [0.1, 0.15) is 11.1 Å². The molecule has 0 unspecified atom stereocenters. The van der Waals surface area contributed by atoms with Crippen molar-refractivity contribution in [1.82, 2.24) is 5.01 Å². The molecule has 0 aliphatic carbocycles. The summed E-state index contributed by atoms with van der Waals surface area (Å²) in [7, 11) is 3.34. The monoisotopic (exact) mass is 394 g/mol. The van der Waals surface area contributed by atoms with Gasteiger partial charge in [0.1, 0.15) is 18.1 Å². The van der Waals surface area contributed by atoms with Crippen molar-refractivity contribution in [3.8, 4) is 22.6 Å². The number of fused-ring (bicyclic) bond motifs is 1. The number of nitrogens with one attached hydrogen (secondary N) is 1. The molecule has 3 aromatic carbocycles. The van der Waals surface area contributed by atoms with Gasteiger partial charge in [-0.25, -0.2) is 8.78 Å². The van der Waals surface area contributed by atoms with E-state index >= 15 is 0 Å². The molecule has 0 saturated heterocycles. The van der Waals surface area contributed by atoms with Crippen LogP contribution in [0.2, 0.25) is 0 Å². The molecule has 6 heteroatoms. The molecule has 148 valence electrons. The first-order valence-corrected chi connectivity index (χ1v) is 9.05. The van der Waals surface area contributed by atoms with Crippen LogP contribution in [0.4, 0.5) is 14.5 Å².